The molecule has 0 amide bonds. The molecule has 1 aliphatic heterocycles. The molecule has 0 spiro atoms. The van der Waals surface area contributed by atoms with Gasteiger partial charge in [0.15, 0.2) is 0 Å². The molecule has 1 atom stereocenters. The number of ether oxygens (including phenoxy) is 1. The van der Waals surface area contributed by atoms with E-state index in [9.17, 15) is 4.39 Å². The van der Waals surface area contributed by atoms with Crippen LogP contribution in [0.2, 0.25) is 0 Å². The van der Waals surface area contributed by atoms with Crippen LogP contribution in [0.25, 0.3) is 0 Å². The Hall–Kier alpha value is -2.07. The molecule has 1 fully saturated rings. The van der Waals surface area contributed by atoms with E-state index in [1.807, 2.05) is 36.4 Å². The van der Waals surface area contributed by atoms with Crippen molar-refractivity contribution in [1.29, 1.82) is 0 Å². The summed E-state index contributed by atoms with van der Waals surface area (Å²) in [6.45, 7) is 3.01. The summed E-state index contributed by atoms with van der Waals surface area (Å²) in [5.41, 5.74) is 2.23. The van der Waals surface area contributed by atoms with Crippen molar-refractivity contribution in [2.75, 3.05) is 32.1 Å². The van der Waals surface area contributed by atoms with Crippen LogP contribution in [0.4, 0.5) is 10.1 Å². The molecule has 1 heterocycles. The highest BCUT2D eigenvalue weighted by Gasteiger charge is 2.23. The number of likely N-dealkylation sites (tertiary alicyclic amines) is 1. The lowest BCUT2D eigenvalue weighted by atomic mass is 10.1. The molecule has 1 N–H and O–H groups in total. The molecule has 3 nitrogen and oxygen atoms in total. The lowest BCUT2D eigenvalue weighted by Gasteiger charge is -2.28. The van der Waals surface area contributed by atoms with Crippen LogP contribution >= 0.6 is 0 Å². The Morgan fingerprint density at radius 1 is 1.04 bits per heavy atom. The molecule has 2 aromatic rings. The molecular formula is C19H23FN2O. The largest absolute Gasteiger partial charge is 0.497 e. The molecule has 3 rings (SSSR count). The standard InChI is InChI=1S/C19H23FN2O/c1-23-18-10-8-17(9-11-18)21-14-19(22-12-2-3-13-22)15-4-6-16(20)7-5-15/h4-11,19,21H,2-3,12-14H2,1H3. The summed E-state index contributed by atoms with van der Waals surface area (Å²) in [7, 11) is 1.67. The summed E-state index contributed by atoms with van der Waals surface area (Å²) in [5, 5.41) is 3.50. The van der Waals surface area contributed by atoms with Gasteiger partial charge in [0.25, 0.3) is 0 Å². The van der Waals surface area contributed by atoms with Gasteiger partial charge in [0.05, 0.1) is 13.2 Å². The smallest absolute Gasteiger partial charge is 0.123 e. The Morgan fingerprint density at radius 2 is 1.70 bits per heavy atom. The van der Waals surface area contributed by atoms with Crippen LogP contribution in [0.3, 0.4) is 0 Å². The first kappa shape index (κ1) is 15.8. The number of hydrogen-bond donors (Lipinski definition) is 1. The Kier molecular flexibility index (Phi) is 5.13. The van der Waals surface area contributed by atoms with E-state index in [1.54, 1.807) is 19.2 Å². The lowest BCUT2D eigenvalue weighted by Crippen LogP contribution is -2.31. The molecule has 122 valence electrons. The quantitative estimate of drug-likeness (QED) is 0.869. The number of rotatable bonds is 6. The van der Waals surface area contributed by atoms with E-state index in [2.05, 4.69) is 10.2 Å². The number of benzene rings is 2. The number of nitrogens with one attached hydrogen (secondary N) is 1. The molecule has 23 heavy (non-hydrogen) atoms. The summed E-state index contributed by atoms with van der Waals surface area (Å²) >= 11 is 0. The zero-order valence-electron chi connectivity index (χ0n) is 13.5. The van der Waals surface area contributed by atoms with Crippen molar-refractivity contribution >= 4 is 5.69 Å². The number of methoxy groups -OCH3 is 1. The minimum Gasteiger partial charge on any atom is -0.497 e. The molecule has 1 saturated heterocycles. The van der Waals surface area contributed by atoms with Gasteiger partial charge in [-0.15, -0.1) is 0 Å². The van der Waals surface area contributed by atoms with E-state index in [0.717, 1.165) is 36.6 Å². The van der Waals surface area contributed by atoms with Crippen molar-refractivity contribution in [2.45, 2.75) is 18.9 Å². The average Bonchev–Trinajstić information content (AvgIpc) is 3.11. The lowest BCUT2D eigenvalue weighted by molar-refractivity contribution is 0.256. The highest BCUT2D eigenvalue weighted by Crippen LogP contribution is 2.26. The first-order valence-electron chi connectivity index (χ1n) is 8.14. The molecular weight excluding hydrogens is 291 g/mol. The fourth-order valence-electron chi connectivity index (χ4n) is 3.12. The third-order valence-corrected chi connectivity index (χ3v) is 4.43. The van der Waals surface area contributed by atoms with Crippen molar-refractivity contribution < 1.29 is 9.13 Å². The molecule has 4 heteroatoms. The fourth-order valence-corrected chi connectivity index (χ4v) is 3.12. The molecule has 0 aliphatic carbocycles. The van der Waals surface area contributed by atoms with Crippen LogP contribution < -0.4 is 10.1 Å². The Bertz CT molecular complexity index is 606. The van der Waals surface area contributed by atoms with Gasteiger partial charge in [-0.25, -0.2) is 4.39 Å². The van der Waals surface area contributed by atoms with Crippen LogP contribution in [-0.4, -0.2) is 31.6 Å². The maximum Gasteiger partial charge on any atom is 0.123 e. The Morgan fingerprint density at radius 3 is 2.30 bits per heavy atom. The third-order valence-electron chi connectivity index (χ3n) is 4.43. The minimum atomic E-state index is -0.183. The van der Waals surface area contributed by atoms with Gasteiger partial charge in [-0.3, -0.25) is 4.90 Å². The zero-order chi connectivity index (χ0) is 16.1. The maximum atomic E-state index is 13.2. The van der Waals surface area contributed by atoms with E-state index >= 15 is 0 Å². The molecule has 0 radical (unpaired) electrons. The summed E-state index contributed by atoms with van der Waals surface area (Å²) in [6, 6.07) is 15.1. The first-order chi connectivity index (χ1) is 11.3. The fraction of sp³-hybridized carbons (Fsp3) is 0.368. The van der Waals surface area contributed by atoms with Crippen molar-refractivity contribution in [3.63, 3.8) is 0 Å². The van der Waals surface area contributed by atoms with Crippen LogP contribution in [0.5, 0.6) is 5.75 Å². The highest BCUT2D eigenvalue weighted by atomic mass is 19.1. The molecule has 2 aromatic carbocycles. The van der Waals surface area contributed by atoms with Crippen molar-refractivity contribution in [3.8, 4) is 5.75 Å². The second-order valence-corrected chi connectivity index (χ2v) is 5.92. The molecule has 0 aromatic heterocycles. The zero-order valence-corrected chi connectivity index (χ0v) is 13.5. The van der Waals surface area contributed by atoms with E-state index in [4.69, 9.17) is 4.74 Å². The average molecular weight is 314 g/mol. The van der Waals surface area contributed by atoms with Crippen molar-refractivity contribution in [3.05, 3.63) is 59.9 Å². The number of halogens is 1. The summed E-state index contributed by atoms with van der Waals surface area (Å²) in [6.07, 6.45) is 2.47. The van der Waals surface area contributed by atoms with Gasteiger partial charge >= 0.3 is 0 Å². The van der Waals surface area contributed by atoms with E-state index in [1.165, 1.54) is 12.8 Å². The summed E-state index contributed by atoms with van der Waals surface area (Å²) in [5.74, 6) is 0.669. The van der Waals surface area contributed by atoms with E-state index < -0.39 is 0 Å². The van der Waals surface area contributed by atoms with Gasteiger partial charge in [-0.2, -0.15) is 0 Å². The van der Waals surface area contributed by atoms with Gasteiger partial charge in [-0.1, -0.05) is 12.1 Å². The number of hydrogen-bond acceptors (Lipinski definition) is 3. The van der Waals surface area contributed by atoms with Crippen LogP contribution in [0.1, 0.15) is 24.4 Å². The van der Waals surface area contributed by atoms with Crippen LogP contribution in [-0.2, 0) is 0 Å². The van der Waals surface area contributed by atoms with Crippen molar-refractivity contribution in [1.82, 2.24) is 4.90 Å². The molecule has 1 unspecified atom stereocenters. The first-order valence-corrected chi connectivity index (χ1v) is 8.14. The predicted octanol–water partition coefficient (Wildman–Crippen LogP) is 4.08. The SMILES string of the molecule is COc1ccc(NCC(c2ccc(F)cc2)N2CCCC2)cc1. The van der Waals surface area contributed by atoms with Crippen LogP contribution in [0, 0.1) is 5.82 Å². The summed E-state index contributed by atoms with van der Waals surface area (Å²) < 4.78 is 18.4. The second-order valence-electron chi connectivity index (χ2n) is 5.92. The third kappa shape index (κ3) is 4.02. The Balaban J connectivity index is 1.71. The topological polar surface area (TPSA) is 24.5 Å². The van der Waals surface area contributed by atoms with Crippen molar-refractivity contribution in [2.24, 2.45) is 0 Å². The molecule has 0 bridgehead atoms. The van der Waals surface area contributed by atoms with Gasteiger partial charge in [0.1, 0.15) is 11.6 Å². The van der Waals surface area contributed by atoms with Gasteiger partial charge in [0.2, 0.25) is 0 Å². The minimum absolute atomic E-state index is 0.183. The van der Waals surface area contributed by atoms with Gasteiger partial charge in [-0.05, 0) is 67.9 Å². The van der Waals surface area contributed by atoms with E-state index in [0.29, 0.717) is 0 Å². The predicted molar refractivity (Wildman–Crippen MR) is 91.4 cm³/mol. The monoisotopic (exact) mass is 314 g/mol. The van der Waals surface area contributed by atoms with Gasteiger partial charge < -0.3 is 10.1 Å². The second kappa shape index (κ2) is 7.47. The van der Waals surface area contributed by atoms with E-state index in [-0.39, 0.29) is 11.9 Å². The number of anilines is 1. The number of nitrogens with zero attached hydrogens (tertiary/aromatic N) is 1. The van der Waals surface area contributed by atoms with Gasteiger partial charge in [0, 0.05) is 12.2 Å². The molecule has 1 aliphatic rings. The Labute approximate surface area is 137 Å². The summed E-state index contributed by atoms with van der Waals surface area (Å²) in [4.78, 5) is 2.48. The normalized spacial score (nSPS) is 16.3. The van der Waals surface area contributed by atoms with Crippen LogP contribution in [0.15, 0.2) is 48.5 Å². The molecule has 0 saturated carbocycles. The maximum absolute atomic E-state index is 13.2. The highest BCUT2D eigenvalue weighted by molar-refractivity contribution is 5.46.